The summed E-state index contributed by atoms with van der Waals surface area (Å²) in [6, 6.07) is 21.9. The fourth-order valence-corrected chi connectivity index (χ4v) is 4.08. The molecule has 4 aromatic rings. The highest BCUT2D eigenvalue weighted by Crippen LogP contribution is 2.37. The average Bonchev–Trinajstić information content (AvgIpc) is 2.55. The fraction of sp³-hybridized carbons (Fsp3) is 0.100. The topological polar surface area (TPSA) is 0 Å². The highest BCUT2D eigenvalue weighted by atomic mass is 79.9. The van der Waals surface area contributed by atoms with Crippen LogP contribution in [0.5, 0.6) is 0 Å². The van der Waals surface area contributed by atoms with E-state index in [1.165, 1.54) is 43.4 Å². The highest BCUT2D eigenvalue weighted by Gasteiger charge is 2.12. The SMILES string of the molecule is Cc1c(CBr)c2c3ccccc3ccc2c2ccccc12. The van der Waals surface area contributed by atoms with Gasteiger partial charge in [-0.15, -0.1) is 0 Å². The Morgan fingerprint density at radius 1 is 0.714 bits per heavy atom. The first-order valence-electron chi connectivity index (χ1n) is 7.19. The maximum absolute atomic E-state index is 3.70. The van der Waals surface area contributed by atoms with Gasteiger partial charge in [-0.1, -0.05) is 76.6 Å². The molecule has 0 bridgehead atoms. The van der Waals surface area contributed by atoms with Crippen LogP contribution in [-0.4, -0.2) is 0 Å². The van der Waals surface area contributed by atoms with E-state index >= 15 is 0 Å². The Kier molecular flexibility index (Phi) is 2.97. The van der Waals surface area contributed by atoms with Crippen LogP contribution >= 0.6 is 15.9 Å². The molecule has 0 aliphatic rings. The van der Waals surface area contributed by atoms with E-state index in [-0.39, 0.29) is 0 Å². The van der Waals surface area contributed by atoms with E-state index in [4.69, 9.17) is 0 Å². The van der Waals surface area contributed by atoms with Gasteiger partial charge in [0, 0.05) is 5.33 Å². The van der Waals surface area contributed by atoms with Crippen LogP contribution < -0.4 is 0 Å². The highest BCUT2D eigenvalue weighted by molar-refractivity contribution is 9.08. The molecule has 21 heavy (non-hydrogen) atoms. The molecule has 0 heterocycles. The number of rotatable bonds is 1. The van der Waals surface area contributed by atoms with Crippen LogP contribution in [0.3, 0.4) is 0 Å². The van der Waals surface area contributed by atoms with Crippen LogP contribution in [0.25, 0.3) is 32.3 Å². The lowest BCUT2D eigenvalue weighted by Gasteiger charge is -2.15. The van der Waals surface area contributed by atoms with Crippen molar-refractivity contribution in [1.82, 2.24) is 0 Å². The van der Waals surface area contributed by atoms with E-state index in [0.717, 1.165) is 5.33 Å². The Morgan fingerprint density at radius 3 is 2.14 bits per heavy atom. The molecule has 0 aromatic heterocycles. The summed E-state index contributed by atoms with van der Waals surface area (Å²) in [5.41, 5.74) is 2.78. The number of hydrogen-bond donors (Lipinski definition) is 0. The Hall–Kier alpha value is -1.86. The van der Waals surface area contributed by atoms with Gasteiger partial charge in [0.25, 0.3) is 0 Å². The maximum atomic E-state index is 3.70. The molecule has 0 spiro atoms. The van der Waals surface area contributed by atoms with E-state index < -0.39 is 0 Å². The third-order valence-corrected chi connectivity index (χ3v) is 5.00. The smallest absolute Gasteiger partial charge is 0.0292 e. The van der Waals surface area contributed by atoms with Crippen LogP contribution in [0.4, 0.5) is 0 Å². The second kappa shape index (κ2) is 4.85. The largest absolute Gasteiger partial charge is 0.0876 e. The van der Waals surface area contributed by atoms with Crippen molar-refractivity contribution in [3.8, 4) is 0 Å². The summed E-state index contributed by atoms with van der Waals surface area (Å²) in [5.74, 6) is 0. The first kappa shape index (κ1) is 12.8. The minimum atomic E-state index is 0.883. The Labute approximate surface area is 132 Å². The van der Waals surface area contributed by atoms with Gasteiger partial charge in [-0.3, -0.25) is 0 Å². The maximum Gasteiger partial charge on any atom is 0.0292 e. The van der Waals surface area contributed by atoms with Gasteiger partial charge in [0.1, 0.15) is 0 Å². The molecule has 1 heteroatoms. The molecule has 4 rings (SSSR count). The first-order chi connectivity index (χ1) is 10.3. The third-order valence-electron chi connectivity index (χ3n) is 4.44. The van der Waals surface area contributed by atoms with Crippen LogP contribution in [0, 0.1) is 6.92 Å². The molecule has 0 radical (unpaired) electrons. The summed E-state index contributed by atoms with van der Waals surface area (Å²) in [6.07, 6.45) is 0. The predicted molar refractivity (Wildman–Crippen MR) is 96.3 cm³/mol. The van der Waals surface area contributed by atoms with Gasteiger partial charge in [-0.05, 0) is 50.4 Å². The summed E-state index contributed by atoms with van der Waals surface area (Å²) in [4.78, 5) is 0. The molecule has 0 atom stereocenters. The van der Waals surface area contributed by atoms with Gasteiger partial charge in [-0.2, -0.15) is 0 Å². The van der Waals surface area contributed by atoms with Gasteiger partial charge in [0.05, 0.1) is 0 Å². The van der Waals surface area contributed by atoms with Crippen molar-refractivity contribution in [1.29, 1.82) is 0 Å². The van der Waals surface area contributed by atoms with Gasteiger partial charge >= 0.3 is 0 Å². The van der Waals surface area contributed by atoms with Crippen molar-refractivity contribution in [2.75, 3.05) is 0 Å². The quantitative estimate of drug-likeness (QED) is 0.281. The number of halogens is 1. The molecule has 0 amide bonds. The molecule has 0 fully saturated rings. The number of hydrogen-bond acceptors (Lipinski definition) is 0. The molecular formula is C20H15Br. The molecule has 0 N–H and O–H groups in total. The average molecular weight is 335 g/mol. The van der Waals surface area contributed by atoms with Crippen LogP contribution in [0.1, 0.15) is 11.1 Å². The second-order valence-electron chi connectivity index (χ2n) is 5.49. The molecule has 4 aromatic carbocycles. The van der Waals surface area contributed by atoms with Crippen LogP contribution in [0.2, 0.25) is 0 Å². The molecule has 0 saturated heterocycles. The molecule has 0 aliphatic carbocycles. The lowest BCUT2D eigenvalue weighted by atomic mass is 9.90. The van der Waals surface area contributed by atoms with E-state index in [1.54, 1.807) is 0 Å². The zero-order valence-electron chi connectivity index (χ0n) is 11.9. The monoisotopic (exact) mass is 334 g/mol. The van der Waals surface area contributed by atoms with Crippen molar-refractivity contribution in [3.05, 3.63) is 71.8 Å². The van der Waals surface area contributed by atoms with Crippen LogP contribution in [-0.2, 0) is 5.33 Å². The summed E-state index contributed by atoms with van der Waals surface area (Å²) in [7, 11) is 0. The van der Waals surface area contributed by atoms with Gasteiger partial charge in [-0.25, -0.2) is 0 Å². The van der Waals surface area contributed by atoms with E-state index in [2.05, 4.69) is 83.5 Å². The summed E-state index contributed by atoms with van der Waals surface area (Å²) >= 11 is 3.70. The zero-order valence-corrected chi connectivity index (χ0v) is 13.4. The number of benzene rings is 4. The lowest BCUT2D eigenvalue weighted by Crippen LogP contribution is -1.92. The van der Waals surface area contributed by atoms with Gasteiger partial charge in [0.15, 0.2) is 0 Å². The van der Waals surface area contributed by atoms with Crippen LogP contribution in [0.15, 0.2) is 60.7 Å². The summed E-state index contributed by atoms with van der Waals surface area (Å²) in [5, 5.41) is 8.98. The van der Waals surface area contributed by atoms with Gasteiger partial charge in [0.2, 0.25) is 0 Å². The lowest BCUT2D eigenvalue weighted by molar-refractivity contribution is 1.39. The van der Waals surface area contributed by atoms with Crippen molar-refractivity contribution in [2.45, 2.75) is 12.3 Å². The molecule has 0 unspecified atom stereocenters. The summed E-state index contributed by atoms with van der Waals surface area (Å²) < 4.78 is 0. The van der Waals surface area contributed by atoms with E-state index in [1.807, 2.05) is 0 Å². The third kappa shape index (κ3) is 1.81. The standard InChI is InChI=1S/C20H15Br/c1-13-15-7-4-5-9-17(15)18-11-10-14-6-2-3-8-16(14)20(18)19(13)12-21/h2-11H,12H2,1H3. The van der Waals surface area contributed by atoms with Crippen molar-refractivity contribution < 1.29 is 0 Å². The molecule has 0 nitrogen and oxygen atoms in total. The normalized spacial score (nSPS) is 11.5. The number of fused-ring (bicyclic) bond motifs is 5. The fourth-order valence-electron chi connectivity index (χ4n) is 3.38. The van der Waals surface area contributed by atoms with Crippen molar-refractivity contribution >= 4 is 48.2 Å². The molecular weight excluding hydrogens is 320 g/mol. The predicted octanol–water partition coefficient (Wildman–Crippen LogP) is 6.35. The molecule has 0 aliphatic heterocycles. The van der Waals surface area contributed by atoms with Crippen molar-refractivity contribution in [2.24, 2.45) is 0 Å². The minimum absolute atomic E-state index is 0.883. The second-order valence-corrected chi connectivity index (χ2v) is 6.05. The number of aryl methyl sites for hydroxylation is 1. The molecule has 0 saturated carbocycles. The Bertz CT molecular complexity index is 983. The zero-order chi connectivity index (χ0) is 14.4. The number of alkyl halides is 1. The van der Waals surface area contributed by atoms with E-state index in [9.17, 15) is 0 Å². The Morgan fingerprint density at radius 2 is 1.38 bits per heavy atom. The van der Waals surface area contributed by atoms with E-state index in [0.29, 0.717) is 0 Å². The van der Waals surface area contributed by atoms with Crippen molar-refractivity contribution in [3.63, 3.8) is 0 Å². The molecule has 102 valence electrons. The minimum Gasteiger partial charge on any atom is -0.0876 e. The summed E-state index contributed by atoms with van der Waals surface area (Å²) in [6.45, 7) is 2.24. The Balaban J connectivity index is 2.38. The van der Waals surface area contributed by atoms with Gasteiger partial charge < -0.3 is 0 Å². The first-order valence-corrected chi connectivity index (χ1v) is 8.31.